The van der Waals surface area contributed by atoms with E-state index in [9.17, 15) is 14.4 Å². The van der Waals surface area contributed by atoms with Crippen molar-refractivity contribution in [2.24, 2.45) is 5.73 Å². The van der Waals surface area contributed by atoms with Crippen LogP contribution in [0.2, 0.25) is 0 Å². The van der Waals surface area contributed by atoms with Crippen LogP contribution in [0.3, 0.4) is 0 Å². The lowest BCUT2D eigenvalue weighted by molar-refractivity contribution is -0.116. The molecule has 2 aliphatic rings. The second-order valence-corrected chi connectivity index (χ2v) is 8.79. The molecule has 0 aromatic heterocycles. The molecule has 0 saturated heterocycles. The Kier molecular flexibility index (Phi) is 5.32. The van der Waals surface area contributed by atoms with Crippen LogP contribution in [0.25, 0.3) is 0 Å². The number of carbonyl (C=O) groups excluding carboxylic acids is 1. The van der Waals surface area contributed by atoms with Crippen molar-refractivity contribution in [2.45, 2.75) is 25.2 Å². The molecule has 0 saturated carbocycles. The van der Waals surface area contributed by atoms with E-state index in [-0.39, 0.29) is 22.9 Å². The van der Waals surface area contributed by atoms with Crippen LogP contribution >= 0.6 is 31.9 Å². The molecule has 2 aromatic rings. The average Bonchev–Trinajstić information content (AvgIpc) is 2.69. The fourth-order valence-corrected chi connectivity index (χ4v) is 4.61. The maximum atomic E-state index is 14.8. The van der Waals surface area contributed by atoms with Gasteiger partial charge in [0.1, 0.15) is 11.6 Å². The van der Waals surface area contributed by atoms with E-state index in [1.54, 1.807) is 17.0 Å². The number of rotatable bonds is 2. The van der Waals surface area contributed by atoms with Crippen LogP contribution in [0.5, 0.6) is 0 Å². The molecule has 4 nitrogen and oxygen atoms in total. The van der Waals surface area contributed by atoms with Gasteiger partial charge in [-0.05, 0) is 48.7 Å². The predicted octanol–water partition coefficient (Wildman–Crippen LogP) is 5.66. The van der Waals surface area contributed by atoms with E-state index in [2.05, 4.69) is 37.9 Å². The highest BCUT2D eigenvalue weighted by Gasteiger charge is 2.40. The fourth-order valence-electron chi connectivity index (χ4n) is 4.01. The van der Waals surface area contributed by atoms with Crippen LogP contribution in [-0.2, 0) is 4.79 Å². The van der Waals surface area contributed by atoms with Gasteiger partial charge in [0.2, 0.25) is 0 Å². The first-order valence-electron chi connectivity index (χ1n) is 9.09. The molecule has 0 amide bonds. The van der Waals surface area contributed by atoms with Crippen molar-refractivity contribution in [3.8, 4) is 6.07 Å². The van der Waals surface area contributed by atoms with Crippen molar-refractivity contribution >= 4 is 43.3 Å². The summed E-state index contributed by atoms with van der Waals surface area (Å²) < 4.78 is 16.3. The third-order valence-corrected chi connectivity index (χ3v) is 6.29. The maximum absolute atomic E-state index is 14.8. The van der Waals surface area contributed by atoms with Gasteiger partial charge in [-0.15, -0.1) is 0 Å². The molecule has 146 valence electrons. The standard InChI is InChI=1S/C22H16Br2FN3O/c23-13-6-4-12(5-7-13)20-15(11-26)22(27)28(17-9-8-14(24)10-16(17)25)18-2-1-3-19(29)21(18)20/h4-10,20H,1-3,27H2. The van der Waals surface area contributed by atoms with E-state index in [1.165, 1.54) is 6.07 Å². The van der Waals surface area contributed by atoms with Crippen LogP contribution in [0.4, 0.5) is 10.1 Å². The molecule has 0 bridgehead atoms. The van der Waals surface area contributed by atoms with Gasteiger partial charge >= 0.3 is 0 Å². The molecule has 0 fully saturated rings. The molecule has 7 heteroatoms. The van der Waals surface area contributed by atoms with E-state index < -0.39 is 11.7 Å². The Morgan fingerprint density at radius 2 is 1.79 bits per heavy atom. The molecule has 1 unspecified atom stereocenters. The SMILES string of the molecule is N#CC1=C(N)N(c2ccc(Br)cc2F)C2=C(C(=O)CCC2)C1c1ccc(Br)cc1. The van der Waals surface area contributed by atoms with Crippen LogP contribution in [0.1, 0.15) is 30.7 Å². The Morgan fingerprint density at radius 1 is 1.10 bits per heavy atom. The van der Waals surface area contributed by atoms with E-state index in [0.717, 1.165) is 10.0 Å². The van der Waals surface area contributed by atoms with Crippen molar-refractivity contribution in [2.75, 3.05) is 4.90 Å². The minimum Gasteiger partial charge on any atom is -0.384 e. The predicted molar refractivity (Wildman–Crippen MR) is 116 cm³/mol. The van der Waals surface area contributed by atoms with Gasteiger partial charge in [-0.3, -0.25) is 9.69 Å². The number of nitrogens with two attached hydrogens (primary N) is 1. The Labute approximate surface area is 184 Å². The van der Waals surface area contributed by atoms with Gasteiger partial charge in [0.15, 0.2) is 5.78 Å². The number of allylic oxidation sites excluding steroid dienone is 3. The third-order valence-electron chi connectivity index (χ3n) is 5.27. The van der Waals surface area contributed by atoms with Gasteiger partial charge in [-0.2, -0.15) is 5.26 Å². The first kappa shape index (κ1) is 19.9. The maximum Gasteiger partial charge on any atom is 0.161 e. The van der Waals surface area contributed by atoms with Crippen molar-refractivity contribution in [3.05, 3.63) is 85.5 Å². The average molecular weight is 517 g/mol. The summed E-state index contributed by atoms with van der Waals surface area (Å²) in [5, 5.41) is 9.94. The van der Waals surface area contributed by atoms with E-state index in [4.69, 9.17) is 5.73 Å². The minimum atomic E-state index is -0.550. The number of nitriles is 1. The molecule has 0 spiro atoms. The molecule has 29 heavy (non-hydrogen) atoms. The molecule has 1 atom stereocenters. The zero-order chi connectivity index (χ0) is 20.7. The summed E-state index contributed by atoms with van der Waals surface area (Å²) in [6, 6.07) is 14.3. The van der Waals surface area contributed by atoms with Gasteiger partial charge < -0.3 is 5.73 Å². The van der Waals surface area contributed by atoms with Crippen LogP contribution in [0, 0.1) is 17.1 Å². The normalized spacial score (nSPS) is 19.3. The number of Topliss-reactive ketones (excluding diaryl/α,β-unsaturated/α-hetero) is 1. The smallest absolute Gasteiger partial charge is 0.161 e. The lowest BCUT2D eigenvalue weighted by Gasteiger charge is -2.39. The zero-order valence-electron chi connectivity index (χ0n) is 15.3. The first-order chi connectivity index (χ1) is 13.9. The number of halogens is 3. The number of anilines is 1. The second-order valence-electron chi connectivity index (χ2n) is 6.96. The first-order valence-corrected chi connectivity index (χ1v) is 10.7. The summed E-state index contributed by atoms with van der Waals surface area (Å²) in [5.74, 6) is -0.894. The molecule has 0 radical (unpaired) electrons. The van der Waals surface area contributed by atoms with Gasteiger partial charge in [0.05, 0.1) is 23.2 Å². The Bertz CT molecular complexity index is 1120. The van der Waals surface area contributed by atoms with E-state index in [1.807, 2.05) is 24.3 Å². The van der Waals surface area contributed by atoms with Crippen molar-refractivity contribution < 1.29 is 9.18 Å². The Hall–Kier alpha value is -2.43. The van der Waals surface area contributed by atoms with Gasteiger partial charge in [0, 0.05) is 26.6 Å². The molecule has 2 N–H and O–H groups in total. The zero-order valence-corrected chi connectivity index (χ0v) is 18.4. The number of carbonyl (C=O) groups is 1. The van der Waals surface area contributed by atoms with Gasteiger partial charge in [0.25, 0.3) is 0 Å². The molecule has 4 rings (SSSR count). The molecule has 1 aliphatic heterocycles. The van der Waals surface area contributed by atoms with E-state index >= 15 is 0 Å². The lowest BCUT2D eigenvalue weighted by Crippen LogP contribution is -2.39. The summed E-state index contributed by atoms with van der Waals surface area (Å²) in [6.07, 6.45) is 1.65. The highest BCUT2D eigenvalue weighted by molar-refractivity contribution is 9.10. The molecule has 2 aromatic carbocycles. The molecule has 1 heterocycles. The van der Waals surface area contributed by atoms with Crippen LogP contribution < -0.4 is 10.6 Å². The molecular weight excluding hydrogens is 501 g/mol. The quantitative estimate of drug-likeness (QED) is 0.559. The van der Waals surface area contributed by atoms with Crippen molar-refractivity contribution in [1.82, 2.24) is 0 Å². The number of hydrogen-bond acceptors (Lipinski definition) is 4. The number of hydrogen-bond donors (Lipinski definition) is 1. The topological polar surface area (TPSA) is 70.1 Å². The van der Waals surface area contributed by atoms with Crippen molar-refractivity contribution in [3.63, 3.8) is 0 Å². The van der Waals surface area contributed by atoms with Crippen molar-refractivity contribution in [1.29, 1.82) is 5.26 Å². The summed E-state index contributed by atoms with van der Waals surface area (Å²) in [4.78, 5) is 14.5. The summed E-state index contributed by atoms with van der Waals surface area (Å²) >= 11 is 6.68. The summed E-state index contributed by atoms with van der Waals surface area (Å²) in [6.45, 7) is 0. The largest absolute Gasteiger partial charge is 0.384 e. The van der Waals surface area contributed by atoms with Crippen LogP contribution in [0.15, 0.2) is 74.1 Å². The fraction of sp³-hybridized carbons (Fsp3) is 0.182. The third kappa shape index (κ3) is 3.41. The Morgan fingerprint density at radius 3 is 2.45 bits per heavy atom. The highest BCUT2D eigenvalue weighted by Crippen LogP contribution is 2.46. The highest BCUT2D eigenvalue weighted by atomic mass is 79.9. The van der Waals surface area contributed by atoms with Gasteiger partial charge in [-0.1, -0.05) is 44.0 Å². The number of benzene rings is 2. The van der Waals surface area contributed by atoms with Gasteiger partial charge in [-0.25, -0.2) is 4.39 Å². The minimum absolute atomic E-state index is 0.0260. The second kappa shape index (κ2) is 7.77. The lowest BCUT2D eigenvalue weighted by atomic mass is 9.75. The molecule has 1 aliphatic carbocycles. The summed E-state index contributed by atoms with van der Waals surface area (Å²) in [5.41, 5.74) is 8.94. The monoisotopic (exact) mass is 515 g/mol. The van der Waals surface area contributed by atoms with Crippen LogP contribution in [-0.4, -0.2) is 5.78 Å². The Balaban J connectivity index is 1.98. The molecular formula is C22H16Br2FN3O. The summed E-state index contributed by atoms with van der Waals surface area (Å²) in [7, 11) is 0. The number of ketones is 1. The number of nitrogens with zero attached hydrogens (tertiary/aromatic N) is 2. The van der Waals surface area contributed by atoms with E-state index in [0.29, 0.717) is 35.0 Å².